The van der Waals surface area contributed by atoms with Crippen molar-refractivity contribution in [2.24, 2.45) is 0 Å². The molecule has 25 heavy (non-hydrogen) atoms. The van der Waals surface area contributed by atoms with Crippen molar-refractivity contribution >= 4 is 38.2 Å². The topological polar surface area (TPSA) is 59.1 Å². The number of pyridine rings is 1. The highest BCUT2D eigenvalue weighted by molar-refractivity contribution is 7.92. The van der Waals surface area contributed by atoms with Crippen LogP contribution in [0, 0.1) is 0 Å². The molecule has 0 bridgehead atoms. The van der Waals surface area contributed by atoms with Gasteiger partial charge in [-0.1, -0.05) is 29.8 Å². The van der Waals surface area contributed by atoms with Gasteiger partial charge in [0.2, 0.25) is 0 Å². The molecule has 3 aromatic rings. The predicted molar refractivity (Wildman–Crippen MR) is 89.0 cm³/mol. The number of para-hydroxylation sites is 1. The van der Waals surface area contributed by atoms with E-state index in [0.717, 1.165) is 12.1 Å². The Morgan fingerprint density at radius 2 is 1.76 bits per heavy atom. The maximum Gasteiger partial charge on any atom is 0.417 e. The summed E-state index contributed by atoms with van der Waals surface area (Å²) in [6.07, 6.45) is -3.27. The van der Waals surface area contributed by atoms with Gasteiger partial charge in [-0.15, -0.1) is 0 Å². The molecule has 1 aromatic heterocycles. The summed E-state index contributed by atoms with van der Waals surface area (Å²) in [4.78, 5) is 3.56. The number of nitrogens with zero attached hydrogens (tertiary/aromatic N) is 1. The molecule has 0 aliphatic carbocycles. The average molecular weight is 387 g/mol. The SMILES string of the molecule is O=S(=O)(Nc1cccc2cccnc12)c1ccc(Cl)c(C(F)(F)F)c1. The minimum atomic E-state index is -4.76. The van der Waals surface area contributed by atoms with Crippen LogP contribution in [0.4, 0.5) is 18.9 Å². The lowest BCUT2D eigenvalue weighted by atomic mass is 10.2. The smallest absolute Gasteiger partial charge is 0.277 e. The maximum atomic E-state index is 12.9. The molecule has 0 saturated heterocycles. The van der Waals surface area contributed by atoms with Crippen LogP contribution in [-0.4, -0.2) is 13.4 Å². The van der Waals surface area contributed by atoms with Crippen LogP contribution in [0.1, 0.15) is 5.56 Å². The van der Waals surface area contributed by atoms with Gasteiger partial charge in [0.15, 0.2) is 0 Å². The first-order chi connectivity index (χ1) is 11.7. The van der Waals surface area contributed by atoms with Crippen molar-refractivity contribution < 1.29 is 21.6 Å². The molecular formula is C16H10ClF3N2O2S. The highest BCUT2D eigenvalue weighted by Gasteiger charge is 2.34. The third-order valence-corrected chi connectivity index (χ3v) is 5.12. The van der Waals surface area contributed by atoms with Crippen LogP contribution < -0.4 is 4.72 Å². The van der Waals surface area contributed by atoms with Gasteiger partial charge in [-0.2, -0.15) is 13.2 Å². The fourth-order valence-electron chi connectivity index (χ4n) is 2.28. The third kappa shape index (κ3) is 3.54. The lowest BCUT2D eigenvalue weighted by Gasteiger charge is -2.13. The Hall–Kier alpha value is -2.32. The van der Waals surface area contributed by atoms with E-state index in [9.17, 15) is 21.6 Å². The van der Waals surface area contributed by atoms with E-state index in [4.69, 9.17) is 11.6 Å². The van der Waals surface area contributed by atoms with Gasteiger partial charge in [-0.05, 0) is 30.3 Å². The van der Waals surface area contributed by atoms with E-state index < -0.39 is 31.7 Å². The van der Waals surface area contributed by atoms with Crippen LogP contribution in [0.15, 0.2) is 59.6 Å². The number of nitrogens with one attached hydrogen (secondary N) is 1. The molecule has 3 rings (SSSR count). The Bertz CT molecular complexity index is 1050. The number of halogens is 4. The van der Waals surface area contributed by atoms with Crippen molar-refractivity contribution in [3.8, 4) is 0 Å². The fraction of sp³-hybridized carbons (Fsp3) is 0.0625. The molecule has 9 heteroatoms. The van der Waals surface area contributed by atoms with Crippen molar-refractivity contribution in [2.45, 2.75) is 11.1 Å². The zero-order valence-corrected chi connectivity index (χ0v) is 14.0. The van der Waals surface area contributed by atoms with Crippen LogP contribution in [0.5, 0.6) is 0 Å². The van der Waals surface area contributed by atoms with Crippen LogP contribution in [-0.2, 0) is 16.2 Å². The third-order valence-electron chi connectivity index (χ3n) is 3.43. The number of hydrogen-bond donors (Lipinski definition) is 1. The molecule has 0 radical (unpaired) electrons. The lowest BCUT2D eigenvalue weighted by molar-refractivity contribution is -0.137. The first kappa shape index (κ1) is 17.5. The minimum absolute atomic E-state index is 0.168. The number of hydrogen-bond acceptors (Lipinski definition) is 3. The normalized spacial score (nSPS) is 12.3. The van der Waals surface area contributed by atoms with Gasteiger partial charge in [-0.3, -0.25) is 9.71 Å². The molecular weight excluding hydrogens is 377 g/mol. The van der Waals surface area contributed by atoms with Gasteiger partial charge in [0.1, 0.15) is 0 Å². The molecule has 0 amide bonds. The largest absolute Gasteiger partial charge is 0.417 e. The summed E-state index contributed by atoms with van der Waals surface area (Å²) in [7, 11) is -4.25. The monoisotopic (exact) mass is 386 g/mol. The molecule has 2 aromatic carbocycles. The first-order valence-corrected chi connectivity index (χ1v) is 8.78. The number of rotatable bonds is 3. The predicted octanol–water partition coefficient (Wildman–Crippen LogP) is 4.71. The quantitative estimate of drug-likeness (QED) is 0.709. The molecule has 0 aliphatic rings. The van der Waals surface area contributed by atoms with E-state index in [-0.39, 0.29) is 5.69 Å². The lowest BCUT2D eigenvalue weighted by Crippen LogP contribution is -2.15. The average Bonchev–Trinajstić information content (AvgIpc) is 2.54. The number of fused-ring (bicyclic) bond motifs is 1. The molecule has 0 atom stereocenters. The Kier molecular flexibility index (Phi) is 4.34. The Balaban J connectivity index is 2.05. The van der Waals surface area contributed by atoms with Crippen LogP contribution in [0.2, 0.25) is 5.02 Å². The zero-order chi connectivity index (χ0) is 18.2. The van der Waals surface area contributed by atoms with Gasteiger partial charge in [0.05, 0.1) is 26.7 Å². The van der Waals surface area contributed by atoms with Crippen molar-refractivity contribution in [3.05, 3.63) is 65.3 Å². The summed E-state index contributed by atoms with van der Waals surface area (Å²) >= 11 is 5.52. The van der Waals surface area contributed by atoms with Gasteiger partial charge in [-0.25, -0.2) is 8.42 Å². The molecule has 0 fully saturated rings. The van der Waals surface area contributed by atoms with Gasteiger partial charge in [0, 0.05) is 11.6 Å². The number of sulfonamides is 1. The van der Waals surface area contributed by atoms with E-state index in [1.807, 2.05) is 0 Å². The summed E-state index contributed by atoms with van der Waals surface area (Å²) in [6, 6.07) is 10.7. The number of benzene rings is 2. The Labute approximate surface area is 146 Å². The highest BCUT2D eigenvalue weighted by Crippen LogP contribution is 2.36. The number of alkyl halides is 3. The van der Waals surface area contributed by atoms with Crippen LogP contribution >= 0.6 is 11.6 Å². The summed E-state index contributed by atoms with van der Waals surface area (Å²) in [6.45, 7) is 0. The van der Waals surface area contributed by atoms with Crippen LogP contribution in [0.3, 0.4) is 0 Å². The molecule has 130 valence electrons. The van der Waals surface area contributed by atoms with Crippen LogP contribution in [0.25, 0.3) is 10.9 Å². The maximum absolute atomic E-state index is 12.9. The van der Waals surface area contributed by atoms with Crippen molar-refractivity contribution in [1.29, 1.82) is 0 Å². The van der Waals surface area contributed by atoms with Gasteiger partial charge in [0.25, 0.3) is 10.0 Å². The molecule has 0 saturated carbocycles. The second-order valence-electron chi connectivity index (χ2n) is 5.13. The molecule has 0 aliphatic heterocycles. The van der Waals surface area contributed by atoms with Crippen molar-refractivity contribution in [2.75, 3.05) is 4.72 Å². The molecule has 0 unspecified atom stereocenters. The fourth-order valence-corrected chi connectivity index (χ4v) is 3.60. The van der Waals surface area contributed by atoms with E-state index in [2.05, 4.69) is 9.71 Å². The molecule has 0 spiro atoms. The zero-order valence-electron chi connectivity index (χ0n) is 12.4. The second-order valence-corrected chi connectivity index (χ2v) is 7.22. The first-order valence-electron chi connectivity index (χ1n) is 6.92. The second kappa shape index (κ2) is 6.20. The van der Waals surface area contributed by atoms with Gasteiger partial charge < -0.3 is 0 Å². The molecule has 1 N–H and O–H groups in total. The summed E-state index contributed by atoms with van der Waals surface area (Å²) < 4.78 is 66.1. The van der Waals surface area contributed by atoms with Gasteiger partial charge >= 0.3 is 6.18 Å². The summed E-state index contributed by atoms with van der Waals surface area (Å²) in [5.41, 5.74) is -0.659. The van der Waals surface area contributed by atoms with Crippen molar-refractivity contribution in [3.63, 3.8) is 0 Å². The molecule has 4 nitrogen and oxygen atoms in total. The van der Waals surface area contributed by atoms with Crippen molar-refractivity contribution in [1.82, 2.24) is 4.98 Å². The van der Waals surface area contributed by atoms with E-state index in [1.54, 1.807) is 24.3 Å². The van der Waals surface area contributed by atoms with E-state index in [1.165, 1.54) is 12.3 Å². The number of aromatic nitrogens is 1. The summed E-state index contributed by atoms with van der Waals surface area (Å²) in [5.74, 6) is 0. The number of anilines is 1. The van der Waals surface area contributed by atoms with E-state index in [0.29, 0.717) is 17.0 Å². The van der Waals surface area contributed by atoms with E-state index >= 15 is 0 Å². The Morgan fingerprint density at radius 3 is 2.48 bits per heavy atom. The highest BCUT2D eigenvalue weighted by atomic mass is 35.5. The standard InChI is InChI=1S/C16H10ClF3N2O2S/c17-13-7-6-11(9-12(13)16(18,19)20)25(23,24)22-14-5-1-3-10-4-2-8-21-15(10)14/h1-9,22H. The Morgan fingerprint density at radius 1 is 1.04 bits per heavy atom. The minimum Gasteiger partial charge on any atom is -0.277 e. The summed E-state index contributed by atoms with van der Waals surface area (Å²) in [5, 5.41) is 0.119. The molecule has 1 heterocycles.